The van der Waals surface area contributed by atoms with Crippen molar-refractivity contribution >= 4 is 0 Å². The number of rotatable bonds is 5. The van der Waals surface area contributed by atoms with E-state index in [0.717, 1.165) is 6.07 Å². The minimum Gasteiger partial charge on any atom is -0.493 e. The molecule has 18 heavy (non-hydrogen) atoms. The molecule has 102 valence electrons. The Kier molecular flexibility index (Phi) is 4.95. The Hall–Kier alpha value is -1.30. The molecular formula is C12H15F4NO. The summed E-state index contributed by atoms with van der Waals surface area (Å²) < 4.78 is 53.9. The van der Waals surface area contributed by atoms with Crippen LogP contribution in [0.4, 0.5) is 17.6 Å². The number of halogens is 4. The lowest BCUT2D eigenvalue weighted by Crippen LogP contribution is -2.12. The van der Waals surface area contributed by atoms with Crippen molar-refractivity contribution in [1.29, 1.82) is 0 Å². The van der Waals surface area contributed by atoms with Gasteiger partial charge in [-0.1, -0.05) is 6.07 Å². The highest BCUT2D eigenvalue weighted by atomic mass is 19.4. The fourth-order valence-electron chi connectivity index (χ4n) is 1.46. The molecular weight excluding hydrogens is 250 g/mol. The molecule has 0 aromatic heterocycles. The summed E-state index contributed by atoms with van der Waals surface area (Å²) in [4.78, 5) is 0. The zero-order valence-corrected chi connectivity index (χ0v) is 9.93. The molecule has 0 unspecified atom stereocenters. The van der Waals surface area contributed by atoms with Gasteiger partial charge in [-0.3, -0.25) is 0 Å². The van der Waals surface area contributed by atoms with Crippen LogP contribution in [-0.4, -0.2) is 12.8 Å². The molecule has 0 aliphatic rings. The molecule has 0 fully saturated rings. The van der Waals surface area contributed by atoms with Crippen molar-refractivity contribution in [3.63, 3.8) is 0 Å². The van der Waals surface area contributed by atoms with Gasteiger partial charge in [-0.25, -0.2) is 4.39 Å². The second kappa shape index (κ2) is 6.04. The maximum atomic E-state index is 13.0. The highest BCUT2D eigenvalue weighted by Crippen LogP contribution is 2.26. The summed E-state index contributed by atoms with van der Waals surface area (Å²) in [7, 11) is 0. The predicted octanol–water partition coefficient (Wildman–Crippen LogP) is 3.57. The molecule has 2 N–H and O–H groups in total. The Morgan fingerprint density at radius 2 is 2.00 bits per heavy atom. The van der Waals surface area contributed by atoms with Crippen molar-refractivity contribution in [2.24, 2.45) is 5.73 Å². The summed E-state index contributed by atoms with van der Waals surface area (Å²) in [6.45, 7) is 1.57. The number of ether oxygens (including phenoxy) is 1. The van der Waals surface area contributed by atoms with Crippen molar-refractivity contribution in [1.82, 2.24) is 0 Å². The average Bonchev–Trinajstić information content (AvgIpc) is 2.22. The molecule has 0 saturated heterocycles. The second-order valence-electron chi connectivity index (χ2n) is 4.04. The lowest BCUT2D eigenvalue weighted by molar-refractivity contribution is -0.136. The first-order chi connectivity index (χ1) is 8.29. The minimum absolute atomic E-state index is 0.122. The van der Waals surface area contributed by atoms with E-state index in [2.05, 4.69) is 0 Å². The van der Waals surface area contributed by atoms with Gasteiger partial charge in [0.1, 0.15) is 11.6 Å². The lowest BCUT2D eigenvalue weighted by atomic mass is 10.1. The van der Waals surface area contributed by atoms with Crippen LogP contribution in [0, 0.1) is 5.82 Å². The quantitative estimate of drug-likeness (QED) is 0.652. The minimum atomic E-state index is -4.20. The fourth-order valence-corrected chi connectivity index (χ4v) is 1.46. The van der Waals surface area contributed by atoms with Crippen molar-refractivity contribution in [2.75, 3.05) is 6.61 Å². The maximum absolute atomic E-state index is 13.0. The smallest absolute Gasteiger partial charge is 0.389 e. The van der Waals surface area contributed by atoms with Gasteiger partial charge in [-0.2, -0.15) is 13.2 Å². The Morgan fingerprint density at radius 1 is 1.33 bits per heavy atom. The first-order valence-corrected chi connectivity index (χ1v) is 5.54. The molecule has 0 radical (unpaired) electrons. The van der Waals surface area contributed by atoms with Crippen LogP contribution in [0.2, 0.25) is 0 Å². The van der Waals surface area contributed by atoms with Gasteiger partial charge >= 0.3 is 6.18 Å². The van der Waals surface area contributed by atoms with Crippen LogP contribution < -0.4 is 10.5 Å². The van der Waals surface area contributed by atoms with Crippen LogP contribution in [0.1, 0.15) is 31.4 Å². The molecule has 0 bridgehead atoms. The Labute approximate surface area is 103 Å². The molecule has 0 amide bonds. The first kappa shape index (κ1) is 14.8. The zero-order chi connectivity index (χ0) is 13.8. The SMILES string of the molecule is C[C@@H](N)c1ccc(F)cc1OCCCC(F)(F)F. The van der Waals surface area contributed by atoms with Gasteiger partial charge in [0.05, 0.1) is 6.61 Å². The van der Waals surface area contributed by atoms with E-state index in [1.807, 2.05) is 0 Å². The summed E-state index contributed by atoms with van der Waals surface area (Å²) in [5, 5.41) is 0. The van der Waals surface area contributed by atoms with Gasteiger partial charge in [-0.15, -0.1) is 0 Å². The molecule has 6 heteroatoms. The van der Waals surface area contributed by atoms with E-state index in [9.17, 15) is 17.6 Å². The lowest BCUT2D eigenvalue weighted by Gasteiger charge is -2.14. The van der Waals surface area contributed by atoms with Crippen LogP contribution in [0.25, 0.3) is 0 Å². The summed E-state index contributed by atoms with van der Waals surface area (Å²) >= 11 is 0. The largest absolute Gasteiger partial charge is 0.493 e. The standard InChI is InChI=1S/C12H15F4NO/c1-8(17)10-4-3-9(13)7-11(10)18-6-2-5-12(14,15)16/h3-4,7-8H,2,5-6,17H2,1H3/t8-/m1/s1. The average molecular weight is 265 g/mol. The predicted molar refractivity (Wildman–Crippen MR) is 59.8 cm³/mol. The van der Waals surface area contributed by atoms with E-state index < -0.39 is 18.4 Å². The summed E-state index contributed by atoms with van der Waals surface area (Å²) in [5.74, 6) is -0.308. The first-order valence-electron chi connectivity index (χ1n) is 5.54. The molecule has 0 aliphatic heterocycles. The van der Waals surface area contributed by atoms with E-state index in [0.29, 0.717) is 5.56 Å². The Morgan fingerprint density at radius 3 is 2.56 bits per heavy atom. The van der Waals surface area contributed by atoms with Crippen molar-refractivity contribution in [3.8, 4) is 5.75 Å². The summed E-state index contributed by atoms with van der Waals surface area (Å²) in [6.07, 6.45) is -5.29. The van der Waals surface area contributed by atoms with E-state index >= 15 is 0 Å². The monoisotopic (exact) mass is 265 g/mol. The highest BCUT2D eigenvalue weighted by Gasteiger charge is 2.26. The van der Waals surface area contributed by atoms with Crippen LogP contribution in [0.5, 0.6) is 5.75 Å². The van der Waals surface area contributed by atoms with Crippen molar-refractivity contribution in [3.05, 3.63) is 29.6 Å². The van der Waals surface area contributed by atoms with Gasteiger partial charge in [-0.05, 0) is 19.4 Å². The summed E-state index contributed by atoms with van der Waals surface area (Å²) in [5.41, 5.74) is 6.23. The molecule has 1 atom stereocenters. The van der Waals surface area contributed by atoms with Gasteiger partial charge < -0.3 is 10.5 Å². The number of nitrogens with two attached hydrogens (primary N) is 1. The van der Waals surface area contributed by atoms with E-state index in [1.165, 1.54) is 12.1 Å². The third-order valence-corrected chi connectivity index (χ3v) is 2.33. The second-order valence-corrected chi connectivity index (χ2v) is 4.04. The van der Waals surface area contributed by atoms with Crippen LogP contribution in [0.15, 0.2) is 18.2 Å². The van der Waals surface area contributed by atoms with E-state index in [-0.39, 0.29) is 24.8 Å². The van der Waals surface area contributed by atoms with Gasteiger partial charge in [0.25, 0.3) is 0 Å². The molecule has 1 rings (SSSR count). The molecule has 1 aromatic carbocycles. The van der Waals surface area contributed by atoms with E-state index in [1.54, 1.807) is 6.92 Å². The molecule has 1 aromatic rings. The molecule has 2 nitrogen and oxygen atoms in total. The zero-order valence-electron chi connectivity index (χ0n) is 9.93. The third kappa shape index (κ3) is 4.91. The number of alkyl halides is 3. The normalized spacial score (nSPS) is 13.4. The number of hydrogen-bond donors (Lipinski definition) is 1. The molecule has 0 saturated carbocycles. The third-order valence-electron chi connectivity index (χ3n) is 2.33. The van der Waals surface area contributed by atoms with Crippen LogP contribution >= 0.6 is 0 Å². The van der Waals surface area contributed by atoms with Gasteiger partial charge in [0.2, 0.25) is 0 Å². The number of hydrogen-bond acceptors (Lipinski definition) is 2. The number of benzene rings is 1. The van der Waals surface area contributed by atoms with Crippen LogP contribution in [0.3, 0.4) is 0 Å². The molecule has 0 aliphatic carbocycles. The van der Waals surface area contributed by atoms with E-state index in [4.69, 9.17) is 10.5 Å². The fraction of sp³-hybridized carbons (Fsp3) is 0.500. The van der Waals surface area contributed by atoms with Crippen molar-refractivity contribution in [2.45, 2.75) is 32.0 Å². The Balaban J connectivity index is 2.58. The Bertz CT molecular complexity index is 390. The van der Waals surface area contributed by atoms with Gasteiger partial charge in [0.15, 0.2) is 0 Å². The maximum Gasteiger partial charge on any atom is 0.389 e. The van der Waals surface area contributed by atoms with Crippen LogP contribution in [-0.2, 0) is 0 Å². The summed E-state index contributed by atoms with van der Waals surface area (Å²) in [6, 6.07) is 3.47. The van der Waals surface area contributed by atoms with Gasteiger partial charge in [0, 0.05) is 24.1 Å². The van der Waals surface area contributed by atoms with Crippen molar-refractivity contribution < 1.29 is 22.3 Å². The highest BCUT2D eigenvalue weighted by molar-refractivity contribution is 5.36. The molecule has 0 spiro atoms. The molecule has 0 heterocycles. The topological polar surface area (TPSA) is 35.2 Å².